The third kappa shape index (κ3) is 1.91. The summed E-state index contributed by atoms with van der Waals surface area (Å²) in [5.74, 6) is 0.728. The first-order valence-corrected chi connectivity index (χ1v) is 4.58. The van der Waals surface area contributed by atoms with Crippen LogP contribution in [0.2, 0.25) is 5.02 Å². The van der Waals surface area contributed by atoms with Gasteiger partial charge >= 0.3 is 0 Å². The van der Waals surface area contributed by atoms with Crippen molar-refractivity contribution in [1.82, 2.24) is 0 Å². The van der Waals surface area contributed by atoms with Gasteiger partial charge in [-0.05, 0) is 22.0 Å². The van der Waals surface area contributed by atoms with Gasteiger partial charge in [0.25, 0.3) is 0 Å². The topological polar surface area (TPSA) is 35.2 Å². The number of benzene rings is 1. The highest BCUT2D eigenvalue weighted by atomic mass is 79.9. The van der Waals surface area contributed by atoms with Gasteiger partial charge in [0.1, 0.15) is 5.75 Å². The summed E-state index contributed by atoms with van der Waals surface area (Å²) >= 11 is 9.16. The van der Waals surface area contributed by atoms with Gasteiger partial charge in [0.15, 0.2) is 0 Å². The second kappa shape index (κ2) is 4.12. The molecule has 0 fully saturated rings. The summed E-state index contributed by atoms with van der Waals surface area (Å²) in [6, 6.07) is 3.61. The Morgan fingerprint density at radius 2 is 2.25 bits per heavy atom. The molecule has 0 saturated carbocycles. The van der Waals surface area contributed by atoms with Crippen LogP contribution in [-0.2, 0) is 6.54 Å². The summed E-state index contributed by atoms with van der Waals surface area (Å²) in [7, 11) is 1.60. The van der Waals surface area contributed by atoms with E-state index >= 15 is 0 Å². The Morgan fingerprint density at radius 1 is 1.58 bits per heavy atom. The van der Waals surface area contributed by atoms with E-state index in [2.05, 4.69) is 15.9 Å². The lowest BCUT2D eigenvalue weighted by molar-refractivity contribution is 0.410. The highest BCUT2D eigenvalue weighted by Gasteiger charge is 2.05. The van der Waals surface area contributed by atoms with Crippen LogP contribution in [0, 0.1) is 0 Å². The number of methoxy groups -OCH3 is 1. The minimum atomic E-state index is 0.443. The second-order valence-electron chi connectivity index (χ2n) is 2.28. The summed E-state index contributed by atoms with van der Waals surface area (Å²) in [5, 5.41) is 0.629. The first-order chi connectivity index (χ1) is 5.69. The largest absolute Gasteiger partial charge is 0.496 e. The summed E-state index contributed by atoms with van der Waals surface area (Å²) < 4.78 is 5.93. The molecule has 1 aromatic carbocycles. The molecule has 0 atom stereocenters. The third-order valence-electron chi connectivity index (χ3n) is 1.54. The van der Waals surface area contributed by atoms with Crippen molar-refractivity contribution in [2.75, 3.05) is 7.11 Å². The number of ether oxygens (including phenoxy) is 1. The Kier molecular flexibility index (Phi) is 3.38. The number of halogens is 2. The molecule has 0 aromatic heterocycles. The SMILES string of the molecule is COc1cc(Cl)c(Br)cc1CN. The zero-order valence-corrected chi connectivity index (χ0v) is 8.95. The van der Waals surface area contributed by atoms with Crippen LogP contribution in [-0.4, -0.2) is 7.11 Å². The molecular formula is C8H9BrClNO. The molecule has 0 saturated heterocycles. The Balaban J connectivity index is 3.19. The maximum Gasteiger partial charge on any atom is 0.124 e. The van der Waals surface area contributed by atoms with Crippen LogP contribution in [0.4, 0.5) is 0 Å². The standard InChI is InChI=1S/C8H9BrClNO/c1-12-8-3-7(10)6(9)2-5(8)4-11/h2-3H,4,11H2,1H3. The molecule has 1 rings (SSSR count). The lowest BCUT2D eigenvalue weighted by atomic mass is 10.2. The van der Waals surface area contributed by atoms with E-state index in [-0.39, 0.29) is 0 Å². The molecule has 0 aliphatic rings. The Hall–Kier alpha value is -0.250. The summed E-state index contributed by atoms with van der Waals surface area (Å²) in [6.07, 6.45) is 0. The van der Waals surface area contributed by atoms with Gasteiger partial charge in [-0.1, -0.05) is 11.6 Å². The lowest BCUT2D eigenvalue weighted by Gasteiger charge is -2.07. The smallest absolute Gasteiger partial charge is 0.124 e. The minimum absolute atomic E-state index is 0.443. The molecule has 4 heteroatoms. The first kappa shape index (κ1) is 9.84. The predicted molar refractivity (Wildman–Crippen MR) is 53.6 cm³/mol. The number of rotatable bonds is 2. The minimum Gasteiger partial charge on any atom is -0.496 e. The Labute approximate surface area is 84.8 Å². The van der Waals surface area contributed by atoms with Crippen LogP contribution in [0.5, 0.6) is 5.75 Å². The Morgan fingerprint density at radius 3 is 2.75 bits per heavy atom. The fourth-order valence-corrected chi connectivity index (χ4v) is 1.46. The van der Waals surface area contributed by atoms with Crippen molar-refractivity contribution < 1.29 is 4.74 Å². The van der Waals surface area contributed by atoms with Crippen molar-refractivity contribution in [3.8, 4) is 5.75 Å². The van der Waals surface area contributed by atoms with Crippen LogP contribution in [0.25, 0.3) is 0 Å². The van der Waals surface area contributed by atoms with E-state index < -0.39 is 0 Å². The monoisotopic (exact) mass is 249 g/mol. The van der Waals surface area contributed by atoms with Crippen molar-refractivity contribution in [1.29, 1.82) is 0 Å². The first-order valence-electron chi connectivity index (χ1n) is 3.41. The van der Waals surface area contributed by atoms with Crippen LogP contribution in [0.15, 0.2) is 16.6 Å². The van der Waals surface area contributed by atoms with Gasteiger partial charge in [-0.25, -0.2) is 0 Å². The zero-order valence-electron chi connectivity index (χ0n) is 6.60. The molecule has 0 bridgehead atoms. The Bertz CT molecular complexity index is 262. The van der Waals surface area contributed by atoms with Gasteiger partial charge in [0.2, 0.25) is 0 Å². The normalized spacial score (nSPS) is 10.0. The molecular weight excluding hydrogens is 241 g/mol. The fourth-order valence-electron chi connectivity index (χ4n) is 0.919. The van der Waals surface area contributed by atoms with Crippen LogP contribution < -0.4 is 10.5 Å². The van der Waals surface area contributed by atoms with E-state index in [1.54, 1.807) is 13.2 Å². The van der Waals surface area contributed by atoms with Gasteiger partial charge < -0.3 is 10.5 Å². The predicted octanol–water partition coefficient (Wildman–Crippen LogP) is 2.57. The molecule has 0 heterocycles. The van der Waals surface area contributed by atoms with Gasteiger partial charge in [-0.3, -0.25) is 0 Å². The summed E-state index contributed by atoms with van der Waals surface area (Å²) in [5.41, 5.74) is 6.44. The van der Waals surface area contributed by atoms with Gasteiger partial charge in [-0.15, -0.1) is 0 Å². The van der Waals surface area contributed by atoms with Gasteiger partial charge in [-0.2, -0.15) is 0 Å². The average molecular weight is 251 g/mol. The third-order valence-corrected chi connectivity index (χ3v) is 2.74. The van der Waals surface area contributed by atoms with Crippen molar-refractivity contribution in [2.24, 2.45) is 5.73 Å². The van der Waals surface area contributed by atoms with Gasteiger partial charge in [0, 0.05) is 22.6 Å². The van der Waals surface area contributed by atoms with E-state index in [1.807, 2.05) is 6.07 Å². The van der Waals surface area contributed by atoms with E-state index in [4.69, 9.17) is 22.1 Å². The van der Waals surface area contributed by atoms with Crippen LogP contribution in [0.3, 0.4) is 0 Å². The maximum atomic E-state index is 5.85. The van der Waals surface area contributed by atoms with Crippen molar-refractivity contribution in [3.05, 3.63) is 27.2 Å². The highest BCUT2D eigenvalue weighted by molar-refractivity contribution is 9.10. The summed E-state index contributed by atoms with van der Waals surface area (Å²) in [4.78, 5) is 0. The van der Waals surface area contributed by atoms with E-state index in [0.29, 0.717) is 11.6 Å². The second-order valence-corrected chi connectivity index (χ2v) is 3.54. The average Bonchev–Trinajstić information content (AvgIpc) is 2.09. The van der Waals surface area contributed by atoms with Crippen LogP contribution >= 0.6 is 27.5 Å². The molecule has 2 N–H and O–H groups in total. The number of hydrogen-bond donors (Lipinski definition) is 1. The van der Waals surface area contributed by atoms with Crippen molar-refractivity contribution in [3.63, 3.8) is 0 Å². The molecule has 0 unspecified atom stereocenters. The number of nitrogens with two attached hydrogens (primary N) is 1. The van der Waals surface area contributed by atoms with Gasteiger partial charge in [0.05, 0.1) is 12.1 Å². The fraction of sp³-hybridized carbons (Fsp3) is 0.250. The van der Waals surface area contributed by atoms with Crippen molar-refractivity contribution >= 4 is 27.5 Å². The molecule has 0 aliphatic carbocycles. The van der Waals surface area contributed by atoms with E-state index in [9.17, 15) is 0 Å². The summed E-state index contributed by atoms with van der Waals surface area (Å²) in [6.45, 7) is 0.443. The maximum absolute atomic E-state index is 5.85. The lowest BCUT2D eigenvalue weighted by Crippen LogP contribution is -1.99. The molecule has 66 valence electrons. The number of hydrogen-bond acceptors (Lipinski definition) is 2. The molecule has 0 radical (unpaired) electrons. The molecule has 0 amide bonds. The molecule has 12 heavy (non-hydrogen) atoms. The molecule has 1 aromatic rings. The van der Waals surface area contributed by atoms with Crippen LogP contribution in [0.1, 0.15) is 5.56 Å². The molecule has 2 nitrogen and oxygen atoms in total. The van der Waals surface area contributed by atoms with E-state index in [0.717, 1.165) is 15.8 Å². The van der Waals surface area contributed by atoms with Crippen molar-refractivity contribution in [2.45, 2.75) is 6.54 Å². The molecule has 0 spiro atoms. The van der Waals surface area contributed by atoms with E-state index in [1.165, 1.54) is 0 Å². The highest BCUT2D eigenvalue weighted by Crippen LogP contribution is 2.30. The zero-order chi connectivity index (χ0) is 9.14. The molecule has 0 aliphatic heterocycles. The quantitative estimate of drug-likeness (QED) is 0.875.